The molecule has 3 heteroatoms. The Morgan fingerprint density at radius 3 is 2.84 bits per heavy atom. The minimum atomic E-state index is 0. The molecular weight excluding hydrogens is 404 g/mol. The molecule has 0 saturated carbocycles. The first kappa shape index (κ1) is 14.0. The molecule has 2 heterocycles. The molecule has 0 spiro atoms. The fraction of sp³-hybridized carbons (Fsp3) is 0.188. The van der Waals surface area contributed by atoms with Gasteiger partial charge in [0.25, 0.3) is 0 Å². The van der Waals surface area contributed by atoms with E-state index in [2.05, 4.69) is 66.8 Å². The van der Waals surface area contributed by atoms with Crippen LogP contribution in [0.1, 0.15) is 30.9 Å². The maximum Gasteiger partial charge on any atom is 2.00 e. The van der Waals surface area contributed by atoms with Gasteiger partial charge in [-0.15, -0.1) is 12.2 Å². The molecule has 19 heavy (non-hydrogen) atoms. The summed E-state index contributed by atoms with van der Waals surface area (Å²) in [5, 5.41) is 1.25. The summed E-state index contributed by atoms with van der Waals surface area (Å²) in [5.74, 6) is 1.65. The van der Waals surface area contributed by atoms with Gasteiger partial charge in [0, 0.05) is 6.20 Å². The summed E-state index contributed by atoms with van der Waals surface area (Å²) in [4.78, 5) is 7.68. The summed E-state index contributed by atoms with van der Waals surface area (Å²) in [6, 6.07) is 2.12. The number of pyridine rings is 1. The first-order chi connectivity index (χ1) is 8.77. The van der Waals surface area contributed by atoms with Crippen LogP contribution < -0.4 is 0 Å². The number of fused-ring (bicyclic) bond motifs is 1. The van der Waals surface area contributed by atoms with Gasteiger partial charge in [-0.25, -0.2) is 18.6 Å². The number of aromatic amines is 1. The zero-order valence-electron chi connectivity index (χ0n) is 11.1. The molecule has 96 valence electrons. The molecule has 0 bridgehead atoms. The van der Waals surface area contributed by atoms with Crippen LogP contribution in [-0.2, 0) is 21.1 Å². The quantitative estimate of drug-likeness (QED) is 0.733. The Morgan fingerprint density at radius 2 is 2.16 bits per heavy atom. The van der Waals surface area contributed by atoms with Gasteiger partial charge >= 0.3 is 21.1 Å². The number of rotatable bonds is 2. The summed E-state index contributed by atoms with van der Waals surface area (Å²) in [6.45, 7) is 4.28. The Kier molecular flexibility index (Phi) is 4.21. The summed E-state index contributed by atoms with van der Waals surface area (Å²) in [5.41, 5.74) is 3.56. The van der Waals surface area contributed by atoms with E-state index in [4.69, 9.17) is 0 Å². The fourth-order valence-electron chi connectivity index (χ4n) is 2.46. The molecule has 1 atom stereocenters. The molecule has 0 fully saturated rings. The van der Waals surface area contributed by atoms with Gasteiger partial charge in [-0.2, -0.15) is 11.5 Å². The van der Waals surface area contributed by atoms with Crippen LogP contribution in [0.4, 0.5) is 0 Å². The fourth-order valence-corrected chi connectivity index (χ4v) is 2.46. The molecule has 0 aliphatic heterocycles. The van der Waals surface area contributed by atoms with Gasteiger partial charge in [0.2, 0.25) is 0 Å². The molecule has 0 saturated heterocycles. The number of nitrogens with zero attached hydrogens (tertiary/aromatic N) is 1. The first-order valence-corrected chi connectivity index (χ1v) is 6.22. The van der Waals surface area contributed by atoms with E-state index in [1.165, 1.54) is 22.4 Å². The second-order valence-corrected chi connectivity index (χ2v) is 4.81. The van der Waals surface area contributed by atoms with Crippen LogP contribution in [-0.4, -0.2) is 9.97 Å². The predicted octanol–water partition coefficient (Wildman–Crippen LogP) is 3.94. The van der Waals surface area contributed by atoms with Crippen LogP contribution in [0.2, 0.25) is 0 Å². The molecule has 0 aromatic carbocycles. The first-order valence-electron chi connectivity index (χ1n) is 6.22. The van der Waals surface area contributed by atoms with E-state index in [1.807, 2.05) is 6.20 Å². The van der Waals surface area contributed by atoms with E-state index < -0.39 is 0 Å². The third kappa shape index (κ3) is 2.50. The van der Waals surface area contributed by atoms with Gasteiger partial charge in [-0.1, -0.05) is 43.0 Å². The SMILES string of the molecule is C[C-](C)c1c[nH]c2nccc(C3C=CC=C[CH-]3)c12.[W+2]. The molecule has 1 N–H and O–H groups in total. The van der Waals surface area contributed by atoms with Crippen LogP contribution in [0, 0.1) is 12.3 Å². The summed E-state index contributed by atoms with van der Waals surface area (Å²) in [7, 11) is 0. The molecule has 3 rings (SSSR count). The van der Waals surface area contributed by atoms with Crippen molar-refractivity contribution in [2.75, 3.05) is 0 Å². The number of hydrogen-bond acceptors (Lipinski definition) is 1. The van der Waals surface area contributed by atoms with E-state index in [9.17, 15) is 0 Å². The monoisotopic (exact) mass is 420 g/mol. The van der Waals surface area contributed by atoms with E-state index in [1.54, 1.807) is 0 Å². The van der Waals surface area contributed by atoms with E-state index in [-0.39, 0.29) is 21.1 Å². The predicted molar refractivity (Wildman–Crippen MR) is 75.1 cm³/mol. The molecule has 2 aromatic rings. The largest absolute Gasteiger partial charge is 2.00 e. The van der Waals surface area contributed by atoms with Gasteiger partial charge in [0.15, 0.2) is 0 Å². The maximum absolute atomic E-state index is 4.41. The normalized spacial score (nSPS) is 17.1. The Morgan fingerprint density at radius 1 is 1.32 bits per heavy atom. The molecule has 1 unspecified atom stereocenters. The van der Waals surface area contributed by atoms with Gasteiger partial charge in [0.1, 0.15) is 0 Å². The van der Waals surface area contributed by atoms with Gasteiger partial charge < -0.3 is 4.98 Å². The van der Waals surface area contributed by atoms with Crippen LogP contribution in [0.5, 0.6) is 0 Å². The molecule has 2 aromatic heterocycles. The third-order valence-corrected chi connectivity index (χ3v) is 3.36. The average Bonchev–Trinajstić information content (AvgIpc) is 2.83. The van der Waals surface area contributed by atoms with Crippen molar-refractivity contribution in [1.82, 2.24) is 9.97 Å². The van der Waals surface area contributed by atoms with Crippen molar-refractivity contribution in [2.45, 2.75) is 19.8 Å². The van der Waals surface area contributed by atoms with Crippen LogP contribution in [0.3, 0.4) is 0 Å². The van der Waals surface area contributed by atoms with Crippen LogP contribution >= 0.6 is 0 Å². The number of nitrogens with one attached hydrogen (secondary N) is 1. The van der Waals surface area contributed by atoms with Crippen molar-refractivity contribution < 1.29 is 21.1 Å². The van der Waals surface area contributed by atoms with Crippen molar-refractivity contribution in [3.8, 4) is 0 Å². The zero-order valence-corrected chi connectivity index (χ0v) is 14.0. The summed E-state index contributed by atoms with van der Waals surface area (Å²) >= 11 is 0. The topological polar surface area (TPSA) is 28.7 Å². The Labute approximate surface area is 128 Å². The van der Waals surface area contributed by atoms with Crippen LogP contribution in [0.25, 0.3) is 11.0 Å². The van der Waals surface area contributed by atoms with E-state index >= 15 is 0 Å². The Hall–Kier alpha value is -1.40. The van der Waals surface area contributed by atoms with Crippen molar-refractivity contribution in [3.05, 3.63) is 66.2 Å². The second kappa shape index (κ2) is 5.71. The summed E-state index contributed by atoms with van der Waals surface area (Å²) < 4.78 is 0. The van der Waals surface area contributed by atoms with Gasteiger partial charge in [0.05, 0.1) is 5.65 Å². The average molecular weight is 420 g/mol. The van der Waals surface area contributed by atoms with Crippen molar-refractivity contribution in [3.63, 3.8) is 0 Å². The zero-order chi connectivity index (χ0) is 12.5. The van der Waals surface area contributed by atoms with Gasteiger partial charge in [-0.3, -0.25) is 4.98 Å². The molecule has 0 radical (unpaired) electrons. The standard InChI is InChI=1S/C16H16N2.W/c1-11(2)14-10-18-16-15(14)13(8-9-17-16)12-6-4-3-5-7-12;/h3-10,12H,1-2H3,(H,17,18);/q-2;+2. The van der Waals surface area contributed by atoms with Crippen LogP contribution in [0.15, 0.2) is 42.8 Å². The van der Waals surface area contributed by atoms with Crippen molar-refractivity contribution >= 4 is 11.0 Å². The maximum atomic E-state index is 4.41. The number of allylic oxidation sites excluding steroid dienone is 4. The minimum Gasteiger partial charge on any atom is -0.409 e. The minimum absolute atomic E-state index is 0. The van der Waals surface area contributed by atoms with Crippen molar-refractivity contribution in [2.24, 2.45) is 0 Å². The Bertz CT molecular complexity index is 623. The Balaban J connectivity index is 0.00000133. The molecule has 0 amide bonds. The molecular formula is C16H16N2W. The third-order valence-electron chi connectivity index (χ3n) is 3.36. The number of H-pyrrole nitrogens is 1. The van der Waals surface area contributed by atoms with Gasteiger partial charge in [-0.05, 0) is 0 Å². The number of hydrogen-bond donors (Lipinski definition) is 1. The second-order valence-electron chi connectivity index (χ2n) is 4.81. The summed E-state index contributed by atoms with van der Waals surface area (Å²) in [6.07, 6.45) is 14.6. The van der Waals surface area contributed by atoms with E-state index in [0.29, 0.717) is 5.92 Å². The molecule has 1 aliphatic carbocycles. The molecule has 1 aliphatic rings. The number of aromatic nitrogens is 2. The molecule has 2 nitrogen and oxygen atoms in total. The smallest absolute Gasteiger partial charge is 0.409 e. The van der Waals surface area contributed by atoms with E-state index in [0.717, 1.165) is 5.65 Å². The van der Waals surface area contributed by atoms with Crippen molar-refractivity contribution in [1.29, 1.82) is 0 Å².